The second-order valence-electron chi connectivity index (χ2n) is 6.02. The van der Waals surface area contributed by atoms with Crippen LogP contribution in [0.25, 0.3) is 0 Å². The summed E-state index contributed by atoms with van der Waals surface area (Å²) in [6, 6.07) is 8.03. The van der Waals surface area contributed by atoms with Crippen LogP contribution >= 0.6 is 11.6 Å². The van der Waals surface area contributed by atoms with E-state index in [0.717, 1.165) is 42.2 Å². The number of benzene rings is 1. The molecule has 0 radical (unpaired) electrons. The summed E-state index contributed by atoms with van der Waals surface area (Å²) in [5.41, 5.74) is 2.30. The van der Waals surface area contributed by atoms with Gasteiger partial charge in [-0.15, -0.1) is 0 Å². The maximum Gasteiger partial charge on any atom is 0.224 e. The highest BCUT2D eigenvalue weighted by Crippen LogP contribution is 2.15. The number of aryl methyl sites for hydroxylation is 1. The molecule has 1 aliphatic rings. The van der Waals surface area contributed by atoms with Crippen LogP contribution in [0.3, 0.4) is 0 Å². The lowest BCUT2D eigenvalue weighted by atomic mass is 10.1. The fourth-order valence-corrected chi connectivity index (χ4v) is 3.12. The average molecular weight is 333 g/mol. The topological polar surface area (TPSA) is 50.2 Å². The second-order valence-corrected chi connectivity index (χ2v) is 6.46. The molecular weight excluding hydrogens is 312 g/mol. The zero-order valence-corrected chi connectivity index (χ0v) is 14.0. The van der Waals surface area contributed by atoms with Crippen LogP contribution in [0.15, 0.2) is 36.7 Å². The highest BCUT2D eigenvalue weighted by atomic mass is 35.5. The predicted octanol–water partition coefficient (Wildman–Crippen LogP) is 2.01. The first kappa shape index (κ1) is 16.0. The SMILES string of the molecule is Cn1cc(CNC2CC(=O)N(CCc3cccc(Cl)c3)C2)cn1. The minimum atomic E-state index is 0.210. The molecule has 0 saturated carbocycles. The van der Waals surface area contributed by atoms with E-state index >= 15 is 0 Å². The number of carbonyl (C=O) groups excluding carboxylic acids is 1. The minimum absolute atomic E-state index is 0.210. The molecule has 0 bridgehead atoms. The number of rotatable bonds is 6. The summed E-state index contributed by atoms with van der Waals surface area (Å²) in [7, 11) is 1.90. The molecule has 1 unspecified atom stereocenters. The second kappa shape index (κ2) is 7.15. The van der Waals surface area contributed by atoms with Gasteiger partial charge in [-0.2, -0.15) is 5.10 Å². The van der Waals surface area contributed by atoms with Crippen molar-refractivity contribution in [3.8, 4) is 0 Å². The van der Waals surface area contributed by atoms with Gasteiger partial charge in [-0.05, 0) is 24.1 Å². The third kappa shape index (κ3) is 4.33. The molecule has 3 rings (SSSR count). The molecule has 1 saturated heterocycles. The number of halogens is 1. The molecule has 2 aromatic rings. The number of nitrogens with zero attached hydrogens (tertiary/aromatic N) is 3. The van der Waals surface area contributed by atoms with E-state index in [4.69, 9.17) is 11.6 Å². The van der Waals surface area contributed by atoms with E-state index in [9.17, 15) is 4.79 Å². The van der Waals surface area contributed by atoms with Crippen molar-refractivity contribution in [2.45, 2.75) is 25.4 Å². The quantitative estimate of drug-likeness (QED) is 0.880. The van der Waals surface area contributed by atoms with Crippen LogP contribution in [-0.2, 0) is 24.8 Å². The molecule has 1 atom stereocenters. The minimum Gasteiger partial charge on any atom is -0.341 e. The van der Waals surface area contributed by atoms with Gasteiger partial charge in [0, 0.05) is 55.9 Å². The van der Waals surface area contributed by atoms with E-state index in [1.165, 1.54) is 0 Å². The van der Waals surface area contributed by atoms with Crippen LogP contribution in [-0.4, -0.2) is 39.7 Å². The molecule has 1 N–H and O–H groups in total. The van der Waals surface area contributed by atoms with E-state index in [1.807, 2.05) is 48.6 Å². The Hall–Kier alpha value is -1.85. The van der Waals surface area contributed by atoms with Crippen molar-refractivity contribution in [2.75, 3.05) is 13.1 Å². The van der Waals surface area contributed by atoms with Crippen LogP contribution in [0.1, 0.15) is 17.5 Å². The van der Waals surface area contributed by atoms with Gasteiger partial charge in [0.1, 0.15) is 0 Å². The molecule has 1 aliphatic heterocycles. The normalized spacial score (nSPS) is 17.9. The summed E-state index contributed by atoms with van der Waals surface area (Å²) in [6.07, 6.45) is 5.23. The maximum atomic E-state index is 12.1. The van der Waals surface area contributed by atoms with Gasteiger partial charge >= 0.3 is 0 Å². The summed E-state index contributed by atoms with van der Waals surface area (Å²) in [4.78, 5) is 14.1. The Morgan fingerprint density at radius 2 is 2.26 bits per heavy atom. The number of hydrogen-bond acceptors (Lipinski definition) is 3. The zero-order valence-electron chi connectivity index (χ0n) is 13.2. The summed E-state index contributed by atoms with van der Waals surface area (Å²) in [6.45, 7) is 2.25. The number of amides is 1. The summed E-state index contributed by atoms with van der Waals surface area (Å²) < 4.78 is 1.79. The molecule has 0 spiro atoms. The summed E-state index contributed by atoms with van der Waals surface area (Å²) in [5, 5.41) is 8.33. The van der Waals surface area contributed by atoms with Crippen LogP contribution in [0.4, 0.5) is 0 Å². The van der Waals surface area contributed by atoms with E-state index in [1.54, 1.807) is 4.68 Å². The first-order chi connectivity index (χ1) is 11.1. The zero-order chi connectivity index (χ0) is 16.2. The van der Waals surface area contributed by atoms with Crippen molar-refractivity contribution < 1.29 is 4.79 Å². The molecule has 2 heterocycles. The van der Waals surface area contributed by atoms with Crippen molar-refractivity contribution in [3.63, 3.8) is 0 Å². The van der Waals surface area contributed by atoms with E-state index in [2.05, 4.69) is 10.4 Å². The van der Waals surface area contributed by atoms with Gasteiger partial charge in [0.25, 0.3) is 0 Å². The summed E-state index contributed by atoms with van der Waals surface area (Å²) in [5.74, 6) is 0.218. The van der Waals surface area contributed by atoms with Gasteiger partial charge in [0.15, 0.2) is 0 Å². The molecule has 23 heavy (non-hydrogen) atoms. The molecular formula is C17H21ClN4O. The fraction of sp³-hybridized carbons (Fsp3) is 0.412. The Bertz CT molecular complexity index is 685. The van der Waals surface area contributed by atoms with Gasteiger partial charge < -0.3 is 10.2 Å². The monoisotopic (exact) mass is 332 g/mol. The van der Waals surface area contributed by atoms with Gasteiger partial charge in [-0.1, -0.05) is 23.7 Å². The largest absolute Gasteiger partial charge is 0.341 e. The highest BCUT2D eigenvalue weighted by Gasteiger charge is 2.28. The Morgan fingerprint density at radius 1 is 1.39 bits per heavy atom. The Kier molecular flexibility index (Phi) is 4.98. The lowest BCUT2D eigenvalue weighted by Gasteiger charge is -2.17. The molecule has 5 nitrogen and oxygen atoms in total. The third-order valence-corrected chi connectivity index (χ3v) is 4.36. The fourth-order valence-electron chi connectivity index (χ4n) is 2.91. The number of hydrogen-bond donors (Lipinski definition) is 1. The first-order valence-corrected chi connectivity index (χ1v) is 8.21. The first-order valence-electron chi connectivity index (χ1n) is 7.83. The smallest absolute Gasteiger partial charge is 0.224 e. The predicted molar refractivity (Wildman–Crippen MR) is 90.2 cm³/mol. The lowest BCUT2D eigenvalue weighted by Crippen LogP contribution is -2.33. The Balaban J connectivity index is 1.47. The van der Waals surface area contributed by atoms with Crippen molar-refractivity contribution in [2.24, 2.45) is 7.05 Å². The highest BCUT2D eigenvalue weighted by molar-refractivity contribution is 6.30. The Labute approximate surface area is 141 Å². The summed E-state index contributed by atoms with van der Waals surface area (Å²) >= 11 is 6.00. The Morgan fingerprint density at radius 3 is 3.00 bits per heavy atom. The number of aromatic nitrogens is 2. The molecule has 6 heteroatoms. The van der Waals surface area contributed by atoms with E-state index in [0.29, 0.717) is 6.42 Å². The number of nitrogens with one attached hydrogen (secondary N) is 1. The molecule has 122 valence electrons. The van der Waals surface area contributed by atoms with Crippen molar-refractivity contribution in [3.05, 3.63) is 52.8 Å². The maximum absolute atomic E-state index is 12.1. The third-order valence-electron chi connectivity index (χ3n) is 4.13. The van der Waals surface area contributed by atoms with Gasteiger partial charge in [0.2, 0.25) is 5.91 Å². The van der Waals surface area contributed by atoms with Crippen molar-refractivity contribution in [1.29, 1.82) is 0 Å². The molecule has 1 fully saturated rings. The molecule has 1 aromatic carbocycles. The molecule has 0 aliphatic carbocycles. The van der Waals surface area contributed by atoms with Crippen LogP contribution in [0.2, 0.25) is 5.02 Å². The lowest BCUT2D eigenvalue weighted by molar-refractivity contribution is -0.127. The standard InChI is InChI=1S/C17H21ClN4O/c1-21-11-14(10-20-21)9-19-16-8-17(23)22(12-16)6-5-13-3-2-4-15(18)7-13/h2-4,7,10-11,16,19H,5-6,8-9,12H2,1H3. The molecule has 1 amide bonds. The van der Waals surface area contributed by atoms with E-state index < -0.39 is 0 Å². The van der Waals surface area contributed by atoms with Crippen LogP contribution in [0.5, 0.6) is 0 Å². The van der Waals surface area contributed by atoms with Gasteiger partial charge in [-0.25, -0.2) is 0 Å². The number of likely N-dealkylation sites (tertiary alicyclic amines) is 1. The molecule has 1 aromatic heterocycles. The van der Waals surface area contributed by atoms with Crippen LogP contribution in [0, 0.1) is 0 Å². The number of carbonyl (C=O) groups is 1. The van der Waals surface area contributed by atoms with Gasteiger partial charge in [-0.3, -0.25) is 9.48 Å². The van der Waals surface area contributed by atoms with E-state index in [-0.39, 0.29) is 11.9 Å². The van der Waals surface area contributed by atoms with Gasteiger partial charge in [0.05, 0.1) is 6.20 Å². The van der Waals surface area contributed by atoms with Crippen molar-refractivity contribution >= 4 is 17.5 Å². The average Bonchev–Trinajstić information content (AvgIpc) is 3.09. The van der Waals surface area contributed by atoms with Crippen molar-refractivity contribution in [1.82, 2.24) is 20.0 Å². The van der Waals surface area contributed by atoms with Crippen LogP contribution < -0.4 is 5.32 Å².